The fraction of sp³-hybridized carbons (Fsp3) is 0.429. The summed E-state index contributed by atoms with van der Waals surface area (Å²) >= 11 is 0. The number of carbonyl (C=O) groups is 2. The van der Waals surface area contributed by atoms with Crippen molar-refractivity contribution in [3.8, 4) is 0 Å². The third-order valence-corrected chi connectivity index (χ3v) is 2.54. The van der Waals surface area contributed by atoms with Crippen LogP contribution in [0.25, 0.3) is 0 Å². The molecule has 0 aromatic heterocycles. The van der Waals surface area contributed by atoms with Gasteiger partial charge in [0.15, 0.2) is 0 Å². The minimum Gasteiger partial charge on any atom is -0.478 e. The summed E-state index contributed by atoms with van der Waals surface area (Å²) in [6, 6.07) is 5.01. The zero-order valence-electron chi connectivity index (χ0n) is 11.7. The molecule has 5 heteroatoms. The third-order valence-electron chi connectivity index (χ3n) is 2.54. The molecule has 0 bridgehead atoms. The van der Waals surface area contributed by atoms with Crippen LogP contribution in [0.1, 0.15) is 36.7 Å². The van der Waals surface area contributed by atoms with E-state index in [2.05, 4.69) is 10.6 Å². The lowest BCUT2D eigenvalue weighted by molar-refractivity contribution is -0.115. The molecule has 0 aliphatic heterocycles. The predicted molar refractivity (Wildman–Crippen MR) is 74.5 cm³/mol. The Morgan fingerprint density at radius 2 is 1.89 bits per heavy atom. The van der Waals surface area contributed by atoms with Crippen molar-refractivity contribution in [3.63, 3.8) is 0 Å². The Labute approximate surface area is 113 Å². The average molecular weight is 264 g/mol. The van der Waals surface area contributed by atoms with E-state index >= 15 is 0 Å². The lowest BCUT2D eigenvalue weighted by Gasteiger charge is -2.20. The van der Waals surface area contributed by atoms with Gasteiger partial charge in [-0.25, -0.2) is 4.79 Å². The molecule has 0 unspecified atom stereocenters. The molecule has 1 rings (SSSR count). The van der Waals surface area contributed by atoms with E-state index in [-0.39, 0.29) is 23.6 Å². The molecule has 0 aliphatic rings. The fourth-order valence-electron chi connectivity index (χ4n) is 1.60. The van der Waals surface area contributed by atoms with Crippen molar-refractivity contribution in [3.05, 3.63) is 29.3 Å². The van der Waals surface area contributed by atoms with Crippen LogP contribution < -0.4 is 10.6 Å². The number of carboxylic acid groups (broad SMARTS) is 1. The van der Waals surface area contributed by atoms with E-state index in [9.17, 15) is 9.59 Å². The quantitative estimate of drug-likeness (QED) is 0.777. The van der Waals surface area contributed by atoms with Crippen LogP contribution in [0.5, 0.6) is 0 Å². The summed E-state index contributed by atoms with van der Waals surface area (Å²) in [6.45, 7) is 7.70. The van der Waals surface area contributed by atoms with Crippen molar-refractivity contribution >= 4 is 17.6 Å². The molecular weight excluding hydrogens is 244 g/mol. The molecule has 19 heavy (non-hydrogen) atoms. The van der Waals surface area contributed by atoms with Crippen LogP contribution in [0.3, 0.4) is 0 Å². The number of carboxylic acids is 1. The number of hydrogen-bond acceptors (Lipinski definition) is 3. The maximum absolute atomic E-state index is 11.8. The molecule has 0 spiro atoms. The highest BCUT2D eigenvalue weighted by molar-refractivity contribution is 6.02. The van der Waals surface area contributed by atoms with E-state index in [1.54, 1.807) is 25.1 Å². The molecule has 0 aliphatic carbocycles. The number of hydrogen-bond donors (Lipinski definition) is 3. The van der Waals surface area contributed by atoms with Crippen LogP contribution in [-0.4, -0.2) is 29.1 Å². The van der Waals surface area contributed by atoms with Crippen molar-refractivity contribution in [2.45, 2.75) is 33.2 Å². The predicted octanol–water partition coefficient (Wildman–Crippen LogP) is 2.02. The molecule has 1 aromatic rings. The molecule has 1 amide bonds. The van der Waals surface area contributed by atoms with Crippen molar-refractivity contribution < 1.29 is 14.7 Å². The largest absolute Gasteiger partial charge is 0.478 e. The molecule has 104 valence electrons. The van der Waals surface area contributed by atoms with Crippen LogP contribution in [0, 0.1) is 6.92 Å². The van der Waals surface area contributed by atoms with E-state index in [0.29, 0.717) is 11.3 Å². The van der Waals surface area contributed by atoms with E-state index in [0.717, 1.165) is 0 Å². The number of amides is 1. The number of aromatic carboxylic acids is 1. The Balaban J connectivity index is 2.80. The van der Waals surface area contributed by atoms with Crippen LogP contribution >= 0.6 is 0 Å². The molecule has 3 N–H and O–H groups in total. The number of anilines is 1. The van der Waals surface area contributed by atoms with Gasteiger partial charge in [0.1, 0.15) is 0 Å². The SMILES string of the molecule is Cc1cccc(NC(=O)CNC(C)(C)C)c1C(=O)O. The van der Waals surface area contributed by atoms with E-state index in [1.807, 2.05) is 20.8 Å². The standard InChI is InChI=1S/C14H20N2O3/c1-9-6-5-7-10(12(9)13(18)19)16-11(17)8-15-14(2,3)4/h5-7,15H,8H2,1-4H3,(H,16,17)(H,18,19). The van der Waals surface area contributed by atoms with Gasteiger partial charge in [0.25, 0.3) is 0 Å². The molecule has 1 aromatic carbocycles. The number of aryl methyl sites for hydroxylation is 1. The fourth-order valence-corrected chi connectivity index (χ4v) is 1.60. The molecule has 0 radical (unpaired) electrons. The monoisotopic (exact) mass is 264 g/mol. The van der Waals surface area contributed by atoms with Gasteiger partial charge < -0.3 is 15.7 Å². The maximum atomic E-state index is 11.8. The van der Waals surface area contributed by atoms with Gasteiger partial charge in [0.2, 0.25) is 5.91 Å². The molecule has 0 atom stereocenters. The first-order valence-electron chi connectivity index (χ1n) is 6.08. The van der Waals surface area contributed by atoms with Crippen LogP contribution in [-0.2, 0) is 4.79 Å². The van der Waals surface area contributed by atoms with Crippen molar-refractivity contribution in [1.29, 1.82) is 0 Å². The molecule has 0 heterocycles. The van der Waals surface area contributed by atoms with Crippen LogP contribution in [0.15, 0.2) is 18.2 Å². The Morgan fingerprint density at radius 1 is 1.26 bits per heavy atom. The maximum Gasteiger partial charge on any atom is 0.338 e. The van der Waals surface area contributed by atoms with E-state index < -0.39 is 5.97 Å². The first-order valence-corrected chi connectivity index (χ1v) is 6.08. The first kappa shape index (κ1) is 15.2. The average Bonchev–Trinajstić information content (AvgIpc) is 2.25. The Hall–Kier alpha value is -1.88. The first-order chi connectivity index (χ1) is 8.70. The van der Waals surface area contributed by atoms with Crippen molar-refractivity contribution in [1.82, 2.24) is 5.32 Å². The summed E-state index contributed by atoms with van der Waals surface area (Å²) in [6.07, 6.45) is 0. The summed E-state index contributed by atoms with van der Waals surface area (Å²) in [5, 5.41) is 14.8. The lowest BCUT2D eigenvalue weighted by Crippen LogP contribution is -2.41. The van der Waals surface area contributed by atoms with Crippen molar-refractivity contribution in [2.75, 3.05) is 11.9 Å². The third kappa shape index (κ3) is 4.71. The smallest absolute Gasteiger partial charge is 0.338 e. The van der Waals surface area contributed by atoms with Crippen molar-refractivity contribution in [2.24, 2.45) is 0 Å². The molecule has 0 fully saturated rings. The topological polar surface area (TPSA) is 78.4 Å². The Kier molecular flexibility index (Phi) is 4.67. The van der Waals surface area contributed by atoms with E-state index in [1.165, 1.54) is 0 Å². The number of benzene rings is 1. The van der Waals surface area contributed by atoms with Gasteiger partial charge in [0.05, 0.1) is 17.8 Å². The minimum absolute atomic E-state index is 0.131. The zero-order chi connectivity index (χ0) is 14.6. The Morgan fingerprint density at radius 3 is 2.42 bits per heavy atom. The van der Waals surface area contributed by atoms with Gasteiger partial charge >= 0.3 is 5.97 Å². The van der Waals surface area contributed by atoms with Crippen LogP contribution in [0.2, 0.25) is 0 Å². The van der Waals surface area contributed by atoms with Crippen LogP contribution in [0.4, 0.5) is 5.69 Å². The highest BCUT2D eigenvalue weighted by Gasteiger charge is 2.16. The number of carbonyl (C=O) groups excluding carboxylic acids is 1. The molecular formula is C14H20N2O3. The lowest BCUT2D eigenvalue weighted by atomic mass is 10.1. The summed E-state index contributed by atoms with van der Waals surface area (Å²) < 4.78 is 0. The van der Waals surface area contributed by atoms with Gasteiger partial charge in [-0.2, -0.15) is 0 Å². The summed E-state index contributed by atoms with van der Waals surface area (Å²) in [5.41, 5.74) is 0.911. The second-order valence-corrected chi connectivity index (χ2v) is 5.45. The normalized spacial score (nSPS) is 11.2. The van der Waals surface area contributed by atoms with Gasteiger partial charge in [-0.3, -0.25) is 4.79 Å². The second kappa shape index (κ2) is 5.84. The molecule has 5 nitrogen and oxygen atoms in total. The molecule has 0 saturated heterocycles. The van der Waals surface area contributed by atoms with E-state index in [4.69, 9.17) is 5.11 Å². The second-order valence-electron chi connectivity index (χ2n) is 5.45. The Bertz CT molecular complexity index is 490. The summed E-state index contributed by atoms with van der Waals surface area (Å²) in [5.74, 6) is -1.31. The van der Waals surface area contributed by atoms with Gasteiger partial charge in [-0.15, -0.1) is 0 Å². The zero-order valence-corrected chi connectivity index (χ0v) is 11.7. The van der Waals surface area contributed by atoms with Gasteiger partial charge in [0, 0.05) is 5.54 Å². The highest BCUT2D eigenvalue weighted by Crippen LogP contribution is 2.19. The minimum atomic E-state index is -1.04. The highest BCUT2D eigenvalue weighted by atomic mass is 16.4. The number of rotatable bonds is 4. The number of nitrogens with one attached hydrogen (secondary N) is 2. The van der Waals surface area contributed by atoms with Gasteiger partial charge in [-0.1, -0.05) is 12.1 Å². The molecule has 0 saturated carbocycles. The summed E-state index contributed by atoms with van der Waals surface area (Å²) in [7, 11) is 0. The van der Waals surface area contributed by atoms with Gasteiger partial charge in [-0.05, 0) is 39.3 Å². The summed E-state index contributed by atoms with van der Waals surface area (Å²) in [4.78, 5) is 23.0.